The van der Waals surface area contributed by atoms with Crippen LogP contribution in [0.15, 0.2) is 47.9 Å². The summed E-state index contributed by atoms with van der Waals surface area (Å²) in [4.78, 5) is 29.4. The molecule has 54 heavy (non-hydrogen) atoms. The second-order valence-corrected chi connectivity index (χ2v) is 43.4. The summed E-state index contributed by atoms with van der Waals surface area (Å²) in [6.07, 6.45) is 11.3. The van der Waals surface area contributed by atoms with Crippen LogP contribution >= 0.6 is 0 Å². The SMILES string of the molecule is C[Si](C)(C)O[Si](C)(CCCOC(=O)/C(C#N)=C\C=C\N1CCN(/C=C/C=C(\C#N)C(=O)OCCC[Si](C)(O[Si](C)(C)C)O[Si](C)(C)C)CC1)O[Si](C)(C)C. The van der Waals surface area contributed by atoms with Gasteiger partial charge in [0.2, 0.25) is 0 Å². The van der Waals surface area contributed by atoms with Gasteiger partial charge in [0.1, 0.15) is 23.3 Å². The van der Waals surface area contributed by atoms with Crippen molar-refractivity contribution < 1.29 is 35.5 Å². The van der Waals surface area contributed by atoms with Crippen LogP contribution in [0.1, 0.15) is 12.8 Å². The normalized spacial score (nSPS) is 15.8. The molecule has 0 saturated carbocycles. The standard InChI is InChI=1S/C36H68N4O8Si6/c1-49(2,3)45-53(13,46-50(4,5)6)29-17-27-43-35(41)33(31-37)19-15-21-39-23-25-40(26-24-39)22-16-20-34(32-38)36(42)44-28-18-30-54(14,47-51(7,8)9)48-52(10,11)12/h15-16,19-22H,17-18,23-30H2,1-14H3/b21-15+,22-16+,33-19-,34-20+. The molecule has 1 fully saturated rings. The number of nitriles is 2. The Balaban J connectivity index is 2.59. The Kier molecular flexibility index (Phi) is 20.0. The molecule has 0 N–H and O–H groups in total. The lowest BCUT2D eigenvalue weighted by atomic mass is 10.2. The third-order valence-corrected chi connectivity index (χ3v) is 26.5. The van der Waals surface area contributed by atoms with Crippen molar-refractivity contribution >= 4 is 62.3 Å². The molecular weight excluding hydrogens is 785 g/mol. The van der Waals surface area contributed by atoms with E-state index < -0.39 is 62.3 Å². The molecule has 1 heterocycles. The van der Waals surface area contributed by atoms with Gasteiger partial charge in [-0.15, -0.1) is 0 Å². The van der Waals surface area contributed by atoms with Crippen LogP contribution in [0.5, 0.6) is 0 Å². The topological polar surface area (TPSA) is 144 Å². The molecule has 0 spiro atoms. The van der Waals surface area contributed by atoms with E-state index in [4.69, 9.17) is 25.9 Å². The van der Waals surface area contributed by atoms with Crippen LogP contribution in [0.3, 0.4) is 0 Å². The van der Waals surface area contributed by atoms with Crippen molar-refractivity contribution in [2.24, 2.45) is 0 Å². The molecule has 0 aromatic rings. The van der Waals surface area contributed by atoms with Crippen molar-refractivity contribution in [3.63, 3.8) is 0 Å². The van der Waals surface area contributed by atoms with E-state index in [2.05, 4.69) is 101 Å². The lowest BCUT2D eigenvalue weighted by molar-refractivity contribution is -0.139. The van der Waals surface area contributed by atoms with E-state index in [1.54, 1.807) is 12.2 Å². The second-order valence-electron chi connectivity index (χ2n) is 17.7. The first-order chi connectivity index (χ1) is 24.7. The molecule has 1 aliphatic heterocycles. The summed E-state index contributed by atoms with van der Waals surface area (Å²) < 4.78 is 36.9. The summed E-state index contributed by atoms with van der Waals surface area (Å²) in [7, 11) is -12.1. The summed E-state index contributed by atoms with van der Waals surface area (Å²) in [5.74, 6) is -1.29. The summed E-state index contributed by atoms with van der Waals surface area (Å²) in [5, 5.41) is 19.1. The number of carbonyl (C=O) groups is 2. The fourth-order valence-electron chi connectivity index (χ4n) is 5.97. The van der Waals surface area contributed by atoms with Crippen molar-refractivity contribution in [3.8, 4) is 12.1 Å². The van der Waals surface area contributed by atoms with Crippen LogP contribution in [0.25, 0.3) is 0 Å². The second kappa shape index (κ2) is 21.8. The van der Waals surface area contributed by atoms with E-state index in [0.717, 1.165) is 12.1 Å². The molecule has 12 nitrogen and oxygen atoms in total. The quantitative estimate of drug-likeness (QED) is 0.0261. The number of ether oxygens (including phenoxy) is 2. The molecule has 0 radical (unpaired) electrons. The van der Waals surface area contributed by atoms with Crippen molar-refractivity contribution in [1.29, 1.82) is 10.5 Å². The molecule has 18 heteroatoms. The maximum Gasteiger partial charge on any atom is 0.348 e. The number of carbonyl (C=O) groups excluding carboxylic acids is 2. The van der Waals surface area contributed by atoms with Gasteiger partial charge in [-0.2, -0.15) is 10.5 Å². The summed E-state index contributed by atoms with van der Waals surface area (Å²) in [6, 6.07) is 5.33. The van der Waals surface area contributed by atoms with E-state index in [9.17, 15) is 20.1 Å². The van der Waals surface area contributed by atoms with Crippen LogP contribution in [0.4, 0.5) is 0 Å². The third-order valence-electron chi connectivity index (χ3n) is 7.25. The lowest BCUT2D eigenvalue weighted by Gasteiger charge is -2.38. The largest absolute Gasteiger partial charge is 0.462 e. The van der Waals surface area contributed by atoms with Crippen LogP contribution in [0, 0.1) is 22.7 Å². The number of rotatable bonds is 22. The highest BCUT2D eigenvalue weighted by Crippen LogP contribution is 2.27. The Morgan fingerprint density at radius 2 is 0.815 bits per heavy atom. The van der Waals surface area contributed by atoms with Gasteiger partial charge in [-0.25, -0.2) is 9.59 Å². The number of hydrogen-bond acceptors (Lipinski definition) is 12. The van der Waals surface area contributed by atoms with Gasteiger partial charge >= 0.3 is 29.1 Å². The van der Waals surface area contributed by atoms with Crippen molar-refractivity contribution in [2.45, 2.75) is 117 Å². The van der Waals surface area contributed by atoms with Crippen molar-refractivity contribution in [3.05, 3.63) is 47.9 Å². The number of allylic oxidation sites excluding steroid dienone is 4. The molecule has 0 aromatic carbocycles. The van der Waals surface area contributed by atoms with Gasteiger partial charge in [-0.05, 0) is 153 Å². The molecule has 1 saturated heterocycles. The van der Waals surface area contributed by atoms with Crippen LogP contribution in [0.2, 0.25) is 104 Å². The maximum absolute atomic E-state index is 12.6. The minimum absolute atomic E-state index is 0.0597. The average Bonchev–Trinajstić information content (AvgIpc) is 2.98. The van der Waals surface area contributed by atoms with Crippen molar-refractivity contribution in [2.75, 3.05) is 39.4 Å². The van der Waals surface area contributed by atoms with Crippen LogP contribution < -0.4 is 0 Å². The number of piperazine rings is 1. The highest BCUT2D eigenvalue weighted by Gasteiger charge is 2.41. The van der Waals surface area contributed by atoms with Crippen LogP contribution in [-0.4, -0.2) is 112 Å². The zero-order chi connectivity index (χ0) is 41.4. The van der Waals surface area contributed by atoms with Gasteiger partial charge in [-0.1, -0.05) is 0 Å². The van der Waals surface area contributed by atoms with Gasteiger partial charge in [-0.3, -0.25) is 0 Å². The minimum Gasteiger partial charge on any atom is -0.462 e. The van der Waals surface area contributed by atoms with Gasteiger partial charge in [0, 0.05) is 26.2 Å². The highest BCUT2D eigenvalue weighted by molar-refractivity contribution is 6.88. The van der Waals surface area contributed by atoms with E-state index in [1.165, 1.54) is 12.2 Å². The Hall–Kier alpha value is -2.38. The predicted molar refractivity (Wildman–Crippen MR) is 231 cm³/mol. The minimum atomic E-state index is -2.42. The molecule has 0 bridgehead atoms. The molecule has 0 unspecified atom stereocenters. The molecule has 304 valence electrons. The fraction of sp³-hybridized carbons (Fsp3) is 0.667. The zero-order valence-corrected chi connectivity index (χ0v) is 41.6. The number of esters is 2. The van der Waals surface area contributed by atoms with Crippen molar-refractivity contribution in [1.82, 2.24) is 9.80 Å². The van der Waals surface area contributed by atoms with Gasteiger partial charge < -0.3 is 35.7 Å². The molecular formula is C36H68N4O8Si6. The monoisotopic (exact) mass is 852 g/mol. The molecule has 0 amide bonds. The van der Waals surface area contributed by atoms with E-state index in [-0.39, 0.29) is 24.4 Å². The maximum atomic E-state index is 12.6. The van der Waals surface area contributed by atoms with Gasteiger partial charge in [0.25, 0.3) is 0 Å². The molecule has 0 aliphatic carbocycles. The zero-order valence-electron chi connectivity index (χ0n) is 35.6. The first kappa shape index (κ1) is 49.6. The molecule has 0 aromatic heterocycles. The van der Waals surface area contributed by atoms with E-state index >= 15 is 0 Å². The van der Waals surface area contributed by atoms with Gasteiger partial charge in [0.15, 0.2) is 33.3 Å². The Morgan fingerprint density at radius 3 is 1.06 bits per heavy atom. The molecule has 1 aliphatic rings. The number of hydrogen-bond donors (Lipinski definition) is 0. The Morgan fingerprint density at radius 1 is 0.537 bits per heavy atom. The molecule has 1 rings (SSSR count). The summed E-state index contributed by atoms with van der Waals surface area (Å²) in [6.45, 7) is 33.3. The first-order valence-corrected chi connectivity index (χ1v) is 37.6. The molecule has 0 atom stereocenters. The Bertz CT molecular complexity index is 1300. The fourth-order valence-corrected chi connectivity index (χ4v) is 31.0. The predicted octanol–water partition coefficient (Wildman–Crippen LogP) is 7.95. The summed E-state index contributed by atoms with van der Waals surface area (Å²) >= 11 is 0. The lowest BCUT2D eigenvalue weighted by Crippen LogP contribution is -2.52. The van der Waals surface area contributed by atoms with E-state index in [1.807, 2.05) is 24.5 Å². The van der Waals surface area contributed by atoms with Crippen LogP contribution in [-0.2, 0) is 35.5 Å². The summed E-state index contributed by atoms with van der Waals surface area (Å²) in [5.41, 5.74) is -0.119. The van der Waals surface area contributed by atoms with E-state index in [0.29, 0.717) is 39.0 Å². The van der Waals surface area contributed by atoms with Gasteiger partial charge in [0.05, 0.1) is 13.2 Å². The average molecular weight is 853 g/mol. The smallest absolute Gasteiger partial charge is 0.348 e. The third kappa shape index (κ3) is 22.9. The first-order valence-electron chi connectivity index (χ1n) is 18.9. The Labute approximate surface area is 332 Å². The highest BCUT2D eigenvalue weighted by atomic mass is 28.5. The number of nitrogens with zero attached hydrogens (tertiary/aromatic N) is 4.